The molecule has 0 amide bonds. The number of imidazole rings is 1. The van der Waals surface area contributed by atoms with Gasteiger partial charge in [0.2, 0.25) is 0 Å². The van der Waals surface area contributed by atoms with Crippen LogP contribution in [0, 0.1) is 0 Å². The van der Waals surface area contributed by atoms with Crippen molar-refractivity contribution in [1.29, 1.82) is 0 Å². The van der Waals surface area contributed by atoms with E-state index in [1.165, 1.54) is 0 Å². The number of aromatic nitrogens is 2. The van der Waals surface area contributed by atoms with E-state index in [4.69, 9.17) is 12.3 Å². The number of rotatable bonds is 4. The Morgan fingerprint density at radius 3 is 2.16 bits per heavy atom. The molecular formula is C11H24N2O3Si3. The first-order valence-corrected chi connectivity index (χ1v) is 14.9. The largest absolute Gasteiger partial charge is 0.416 e. The predicted octanol–water partition coefficient (Wildman–Crippen LogP) is 2.81. The molecule has 0 atom stereocenters. The van der Waals surface area contributed by atoms with Crippen molar-refractivity contribution in [2.24, 2.45) is 0 Å². The van der Waals surface area contributed by atoms with Gasteiger partial charge in [-0.05, 0) is 45.2 Å². The Hall–Kier alpha value is -0.259. The Labute approximate surface area is 118 Å². The van der Waals surface area contributed by atoms with Gasteiger partial charge in [-0.25, -0.2) is 4.98 Å². The number of hydrogen-bond donors (Lipinski definition) is 0. The Morgan fingerprint density at radius 1 is 1.00 bits per heavy atom. The van der Waals surface area contributed by atoms with Crippen molar-refractivity contribution in [3.63, 3.8) is 0 Å². The molecule has 0 unspecified atom stereocenters. The zero-order valence-corrected chi connectivity index (χ0v) is 15.5. The molecule has 108 valence electrons. The van der Waals surface area contributed by atoms with Crippen LogP contribution >= 0.6 is 0 Å². The quantitative estimate of drug-likeness (QED) is 0.801. The van der Waals surface area contributed by atoms with Gasteiger partial charge in [0, 0.05) is 18.9 Å². The minimum absolute atomic E-state index is 0.972. The highest BCUT2D eigenvalue weighted by Gasteiger charge is 2.52. The van der Waals surface area contributed by atoms with Crippen molar-refractivity contribution in [1.82, 2.24) is 9.55 Å². The highest BCUT2D eigenvalue weighted by atomic mass is 28.5. The van der Waals surface area contributed by atoms with Crippen LogP contribution in [0.15, 0.2) is 18.7 Å². The minimum atomic E-state index is -2.08. The first kappa shape index (κ1) is 15.1. The molecule has 19 heavy (non-hydrogen) atoms. The summed E-state index contributed by atoms with van der Waals surface area (Å²) in [5, 5.41) is 0. The summed E-state index contributed by atoms with van der Waals surface area (Å²) in [6.07, 6.45) is 6.72. The molecule has 1 aromatic rings. The second kappa shape index (κ2) is 5.26. The average molecular weight is 317 g/mol. The Balaban J connectivity index is 1.93. The van der Waals surface area contributed by atoms with Gasteiger partial charge < -0.3 is 16.9 Å². The number of hydrogen-bond acceptors (Lipinski definition) is 4. The summed E-state index contributed by atoms with van der Waals surface area (Å²) in [4.78, 5) is 4.06. The lowest BCUT2D eigenvalue weighted by atomic mass is 10.5. The SMILES string of the molecule is C[Si]1(C)O[Si](C)(C)O[Si](C)(CCCn2ccnc2)O1. The third-order valence-electron chi connectivity index (χ3n) is 3.02. The second-order valence-corrected chi connectivity index (χ2v) is 17.0. The van der Waals surface area contributed by atoms with Gasteiger partial charge in [-0.2, -0.15) is 0 Å². The zero-order valence-electron chi connectivity index (χ0n) is 12.5. The van der Waals surface area contributed by atoms with Crippen molar-refractivity contribution < 1.29 is 12.3 Å². The highest BCUT2D eigenvalue weighted by Crippen LogP contribution is 2.33. The molecule has 0 spiro atoms. The van der Waals surface area contributed by atoms with E-state index in [1.54, 1.807) is 0 Å². The summed E-state index contributed by atoms with van der Waals surface area (Å²) in [5.41, 5.74) is 0. The summed E-state index contributed by atoms with van der Waals surface area (Å²) in [7, 11) is -6.07. The number of nitrogens with zero attached hydrogens (tertiary/aromatic N) is 2. The van der Waals surface area contributed by atoms with Crippen LogP contribution in [0.25, 0.3) is 0 Å². The van der Waals surface area contributed by atoms with Crippen LogP contribution in [-0.4, -0.2) is 35.2 Å². The lowest BCUT2D eigenvalue weighted by Crippen LogP contribution is -2.65. The van der Waals surface area contributed by atoms with Crippen LogP contribution < -0.4 is 0 Å². The second-order valence-electron chi connectivity index (χ2n) is 6.14. The lowest BCUT2D eigenvalue weighted by Gasteiger charge is -2.48. The standard InChI is InChI=1S/C11H24N2O3Si3/c1-17(2)14-18(3,4)16-19(5,15-17)10-6-8-13-9-7-12-11-13/h7,9,11H,6,8,10H2,1-5H3. The van der Waals surface area contributed by atoms with Crippen molar-refractivity contribution in [3.8, 4) is 0 Å². The molecule has 2 rings (SSSR count). The van der Waals surface area contributed by atoms with Gasteiger partial charge in [0.1, 0.15) is 0 Å². The van der Waals surface area contributed by atoms with E-state index in [0.717, 1.165) is 19.0 Å². The Kier molecular flexibility index (Phi) is 4.19. The molecule has 0 aromatic carbocycles. The molecule has 0 radical (unpaired) electrons. The van der Waals surface area contributed by atoms with Gasteiger partial charge >= 0.3 is 25.7 Å². The maximum absolute atomic E-state index is 6.26. The van der Waals surface area contributed by atoms with E-state index >= 15 is 0 Å². The third kappa shape index (κ3) is 4.36. The van der Waals surface area contributed by atoms with Crippen molar-refractivity contribution in [3.05, 3.63) is 18.7 Å². The predicted molar refractivity (Wildman–Crippen MR) is 81.5 cm³/mol. The first-order valence-electron chi connectivity index (χ1n) is 6.76. The van der Waals surface area contributed by atoms with Crippen LogP contribution in [-0.2, 0) is 18.9 Å². The van der Waals surface area contributed by atoms with Gasteiger partial charge in [-0.15, -0.1) is 0 Å². The van der Waals surface area contributed by atoms with Gasteiger partial charge in [-0.1, -0.05) is 0 Å². The van der Waals surface area contributed by atoms with Crippen LogP contribution in [0.2, 0.25) is 38.8 Å². The average Bonchev–Trinajstić information content (AvgIpc) is 2.63. The summed E-state index contributed by atoms with van der Waals surface area (Å²) in [6, 6.07) is 1.02. The fourth-order valence-electron chi connectivity index (χ4n) is 2.80. The molecule has 0 aliphatic carbocycles. The van der Waals surface area contributed by atoms with Crippen molar-refractivity contribution in [2.75, 3.05) is 0 Å². The molecule has 5 nitrogen and oxygen atoms in total. The maximum atomic E-state index is 6.26. The molecule has 8 heteroatoms. The summed E-state index contributed by atoms with van der Waals surface area (Å²) >= 11 is 0. The normalized spacial score (nSPS) is 24.3. The van der Waals surface area contributed by atoms with Crippen LogP contribution in [0.1, 0.15) is 6.42 Å². The van der Waals surface area contributed by atoms with Gasteiger partial charge in [0.15, 0.2) is 0 Å². The molecule has 0 N–H and O–H groups in total. The van der Waals surface area contributed by atoms with Crippen molar-refractivity contribution >= 4 is 25.7 Å². The molecule has 1 aliphatic heterocycles. The molecule has 1 aromatic heterocycles. The maximum Gasteiger partial charge on any atom is 0.317 e. The van der Waals surface area contributed by atoms with E-state index in [2.05, 4.69) is 42.3 Å². The van der Waals surface area contributed by atoms with Crippen LogP contribution in [0.4, 0.5) is 0 Å². The van der Waals surface area contributed by atoms with Crippen LogP contribution in [0.5, 0.6) is 0 Å². The summed E-state index contributed by atoms with van der Waals surface area (Å²) < 4.78 is 20.7. The zero-order chi connectivity index (χ0) is 14.1. The molecular weight excluding hydrogens is 292 g/mol. The van der Waals surface area contributed by atoms with E-state index in [1.807, 2.05) is 18.7 Å². The topological polar surface area (TPSA) is 45.5 Å². The summed E-state index contributed by atoms with van der Waals surface area (Å²) in [6.45, 7) is 11.7. The highest BCUT2D eigenvalue weighted by molar-refractivity contribution is 6.92. The smallest absolute Gasteiger partial charge is 0.317 e. The van der Waals surface area contributed by atoms with Crippen molar-refractivity contribution in [2.45, 2.75) is 51.7 Å². The molecule has 2 heterocycles. The number of aryl methyl sites for hydroxylation is 1. The third-order valence-corrected chi connectivity index (χ3v) is 15.6. The fourth-order valence-corrected chi connectivity index (χ4v) is 19.1. The molecule has 1 fully saturated rings. The van der Waals surface area contributed by atoms with Gasteiger partial charge in [0.05, 0.1) is 6.33 Å². The van der Waals surface area contributed by atoms with E-state index in [-0.39, 0.29) is 0 Å². The lowest BCUT2D eigenvalue weighted by molar-refractivity contribution is 0.231. The van der Waals surface area contributed by atoms with Gasteiger partial charge in [0.25, 0.3) is 0 Å². The molecule has 1 aliphatic rings. The minimum Gasteiger partial charge on any atom is -0.416 e. The fraction of sp³-hybridized carbons (Fsp3) is 0.727. The van der Waals surface area contributed by atoms with Crippen LogP contribution in [0.3, 0.4) is 0 Å². The molecule has 1 saturated heterocycles. The monoisotopic (exact) mass is 316 g/mol. The van der Waals surface area contributed by atoms with E-state index < -0.39 is 25.7 Å². The summed E-state index contributed by atoms with van der Waals surface area (Å²) in [5.74, 6) is 0. The van der Waals surface area contributed by atoms with Gasteiger partial charge in [-0.3, -0.25) is 0 Å². The Morgan fingerprint density at radius 2 is 1.63 bits per heavy atom. The molecule has 0 saturated carbocycles. The first-order chi connectivity index (χ1) is 8.70. The van der Waals surface area contributed by atoms with E-state index in [9.17, 15) is 0 Å². The Bertz CT molecular complexity index is 407. The van der Waals surface area contributed by atoms with E-state index in [0.29, 0.717) is 0 Å². The molecule has 0 bridgehead atoms.